The van der Waals surface area contributed by atoms with E-state index in [1.54, 1.807) is 13.3 Å². The Hall–Kier alpha value is -1.90. The second-order valence-corrected chi connectivity index (χ2v) is 3.20. The number of ether oxygens (including phenoxy) is 1. The smallest absolute Gasteiger partial charge is 0.122 e. The topological polar surface area (TPSA) is 35.0 Å². The maximum absolute atomic E-state index is 5.27. The molecule has 0 saturated carbocycles. The number of nitrogens with zero attached hydrogens (tertiary/aromatic N) is 2. The van der Waals surface area contributed by atoms with Crippen molar-refractivity contribution in [1.82, 2.24) is 10.2 Å². The first-order chi connectivity index (χ1) is 7.40. The van der Waals surface area contributed by atoms with Crippen molar-refractivity contribution in [3.05, 3.63) is 53.9 Å². The standard InChI is InChI=1S/C12H12N2O/c1-15-12-7-3-2-5-10(12)9-11-6-4-8-13-14-11/h2-8H,9H2,1H3. The van der Waals surface area contributed by atoms with Crippen LogP contribution in [0.4, 0.5) is 0 Å². The highest BCUT2D eigenvalue weighted by molar-refractivity contribution is 5.35. The molecule has 0 aliphatic rings. The van der Waals surface area contributed by atoms with Crippen LogP contribution in [0.1, 0.15) is 11.3 Å². The molecule has 3 heteroatoms. The molecule has 0 N–H and O–H groups in total. The van der Waals surface area contributed by atoms with Crippen molar-refractivity contribution < 1.29 is 4.74 Å². The average molecular weight is 200 g/mol. The molecule has 1 aromatic carbocycles. The largest absolute Gasteiger partial charge is 0.496 e. The number of aromatic nitrogens is 2. The van der Waals surface area contributed by atoms with Crippen LogP contribution >= 0.6 is 0 Å². The lowest BCUT2D eigenvalue weighted by Gasteiger charge is -2.06. The van der Waals surface area contributed by atoms with Crippen molar-refractivity contribution in [1.29, 1.82) is 0 Å². The third-order valence-electron chi connectivity index (χ3n) is 2.19. The zero-order valence-corrected chi connectivity index (χ0v) is 8.55. The minimum Gasteiger partial charge on any atom is -0.496 e. The summed E-state index contributed by atoms with van der Waals surface area (Å²) in [7, 11) is 1.68. The molecule has 0 amide bonds. The zero-order valence-electron chi connectivity index (χ0n) is 8.55. The second-order valence-electron chi connectivity index (χ2n) is 3.20. The number of hydrogen-bond donors (Lipinski definition) is 0. The lowest BCUT2D eigenvalue weighted by Crippen LogP contribution is -1.96. The highest BCUT2D eigenvalue weighted by Gasteiger charge is 2.03. The van der Waals surface area contributed by atoms with Crippen LogP contribution in [-0.2, 0) is 6.42 Å². The molecule has 76 valence electrons. The second kappa shape index (κ2) is 4.55. The van der Waals surface area contributed by atoms with E-state index >= 15 is 0 Å². The van der Waals surface area contributed by atoms with E-state index in [1.807, 2.05) is 36.4 Å². The van der Waals surface area contributed by atoms with Crippen LogP contribution in [0.5, 0.6) is 5.75 Å². The fourth-order valence-electron chi connectivity index (χ4n) is 1.47. The number of rotatable bonds is 3. The van der Waals surface area contributed by atoms with Crippen molar-refractivity contribution in [2.75, 3.05) is 7.11 Å². The van der Waals surface area contributed by atoms with Gasteiger partial charge >= 0.3 is 0 Å². The summed E-state index contributed by atoms with van der Waals surface area (Å²) in [6, 6.07) is 11.8. The van der Waals surface area contributed by atoms with Gasteiger partial charge in [0, 0.05) is 18.2 Å². The SMILES string of the molecule is COc1ccccc1Cc1cccnn1. The molecule has 0 unspecified atom stereocenters. The highest BCUT2D eigenvalue weighted by atomic mass is 16.5. The fourth-order valence-corrected chi connectivity index (χ4v) is 1.47. The monoisotopic (exact) mass is 200 g/mol. The normalized spacial score (nSPS) is 9.93. The summed E-state index contributed by atoms with van der Waals surface area (Å²) in [5, 5.41) is 7.89. The average Bonchev–Trinajstić information content (AvgIpc) is 2.31. The van der Waals surface area contributed by atoms with Crippen LogP contribution in [-0.4, -0.2) is 17.3 Å². The first kappa shape index (κ1) is 9.65. The molecule has 3 nitrogen and oxygen atoms in total. The Labute approximate surface area is 88.7 Å². The Morgan fingerprint density at radius 2 is 2.00 bits per heavy atom. The molecule has 1 heterocycles. The van der Waals surface area contributed by atoms with Crippen molar-refractivity contribution >= 4 is 0 Å². The van der Waals surface area contributed by atoms with Crippen molar-refractivity contribution in [2.45, 2.75) is 6.42 Å². The van der Waals surface area contributed by atoms with E-state index in [4.69, 9.17) is 4.74 Å². The summed E-state index contributed by atoms with van der Waals surface area (Å²) in [5.74, 6) is 0.892. The van der Waals surface area contributed by atoms with Gasteiger partial charge in [0.15, 0.2) is 0 Å². The van der Waals surface area contributed by atoms with E-state index in [0.717, 1.165) is 23.4 Å². The van der Waals surface area contributed by atoms with Gasteiger partial charge in [-0.3, -0.25) is 0 Å². The summed E-state index contributed by atoms with van der Waals surface area (Å²) in [4.78, 5) is 0. The number of benzene rings is 1. The van der Waals surface area contributed by atoms with Crippen LogP contribution in [0.25, 0.3) is 0 Å². The molecule has 0 fully saturated rings. The first-order valence-corrected chi connectivity index (χ1v) is 4.78. The molecular formula is C12H12N2O. The zero-order chi connectivity index (χ0) is 10.5. The number of para-hydroxylation sites is 1. The number of hydrogen-bond acceptors (Lipinski definition) is 3. The molecule has 15 heavy (non-hydrogen) atoms. The predicted molar refractivity (Wildman–Crippen MR) is 57.8 cm³/mol. The van der Waals surface area contributed by atoms with Crippen molar-refractivity contribution in [3.8, 4) is 5.75 Å². The Morgan fingerprint density at radius 3 is 2.73 bits per heavy atom. The quantitative estimate of drug-likeness (QED) is 0.760. The molecule has 0 spiro atoms. The van der Waals surface area contributed by atoms with Gasteiger partial charge in [-0.15, -0.1) is 0 Å². The lowest BCUT2D eigenvalue weighted by molar-refractivity contribution is 0.410. The van der Waals surface area contributed by atoms with Gasteiger partial charge < -0.3 is 4.74 Å². The van der Waals surface area contributed by atoms with E-state index in [2.05, 4.69) is 10.2 Å². The van der Waals surface area contributed by atoms with E-state index in [9.17, 15) is 0 Å². The van der Waals surface area contributed by atoms with E-state index in [0.29, 0.717) is 0 Å². The maximum atomic E-state index is 5.27. The Kier molecular flexibility index (Phi) is 2.93. The summed E-state index contributed by atoms with van der Waals surface area (Å²) >= 11 is 0. The van der Waals surface area contributed by atoms with Crippen LogP contribution < -0.4 is 4.74 Å². The molecule has 0 atom stereocenters. The van der Waals surface area contributed by atoms with Crippen molar-refractivity contribution in [2.24, 2.45) is 0 Å². The van der Waals surface area contributed by atoms with Crippen LogP contribution in [0.15, 0.2) is 42.6 Å². The van der Waals surface area contributed by atoms with Crippen LogP contribution in [0.3, 0.4) is 0 Å². The van der Waals surface area contributed by atoms with E-state index < -0.39 is 0 Å². The third-order valence-corrected chi connectivity index (χ3v) is 2.19. The van der Waals surface area contributed by atoms with E-state index in [-0.39, 0.29) is 0 Å². The molecule has 0 aliphatic heterocycles. The van der Waals surface area contributed by atoms with Gasteiger partial charge in [0.1, 0.15) is 5.75 Å². The molecule has 0 radical (unpaired) electrons. The molecule has 0 saturated heterocycles. The third kappa shape index (κ3) is 2.31. The van der Waals surface area contributed by atoms with Gasteiger partial charge in [0.05, 0.1) is 12.8 Å². The Balaban J connectivity index is 2.24. The fraction of sp³-hybridized carbons (Fsp3) is 0.167. The summed E-state index contributed by atoms with van der Waals surface area (Å²) in [5.41, 5.74) is 2.07. The molecule has 1 aromatic heterocycles. The van der Waals surface area contributed by atoms with Gasteiger partial charge in [-0.25, -0.2) is 0 Å². The van der Waals surface area contributed by atoms with Gasteiger partial charge in [0.25, 0.3) is 0 Å². The summed E-state index contributed by atoms with van der Waals surface area (Å²) in [6.45, 7) is 0. The lowest BCUT2D eigenvalue weighted by atomic mass is 10.1. The molecule has 0 bridgehead atoms. The minimum absolute atomic E-state index is 0.748. The predicted octanol–water partition coefficient (Wildman–Crippen LogP) is 2.08. The van der Waals surface area contributed by atoms with Crippen molar-refractivity contribution in [3.63, 3.8) is 0 Å². The van der Waals surface area contributed by atoms with Gasteiger partial charge in [0.2, 0.25) is 0 Å². The van der Waals surface area contributed by atoms with E-state index in [1.165, 1.54) is 0 Å². The maximum Gasteiger partial charge on any atom is 0.122 e. The van der Waals surface area contributed by atoms with Crippen LogP contribution in [0.2, 0.25) is 0 Å². The highest BCUT2D eigenvalue weighted by Crippen LogP contribution is 2.19. The Morgan fingerprint density at radius 1 is 1.13 bits per heavy atom. The van der Waals surface area contributed by atoms with Gasteiger partial charge in [-0.1, -0.05) is 18.2 Å². The van der Waals surface area contributed by atoms with Crippen LogP contribution in [0, 0.1) is 0 Å². The molecule has 2 aromatic rings. The first-order valence-electron chi connectivity index (χ1n) is 4.78. The molecule has 0 aliphatic carbocycles. The van der Waals surface area contributed by atoms with Gasteiger partial charge in [-0.05, 0) is 18.2 Å². The molecule has 2 rings (SSSR count). The Bertz CT molecular complexity index is 429. The summed E-state index contributed by atoms with van der Waals surface area (Å²) < 4.78 is 5.27. The summed E-state index contributed by atoms with van der Waals surface area (Å²) in [6.07, 6.45) is 2.42. The minimum atomic E-state index is 0.748. The van der Waals surface area contributed by atoms with Gasteiger partial charge in [-0.2, -0.15) is 10.2 Å². The molecular weight excluding hydrogens is 188 g/mol. The number of methoxy groups -OCH3 is 1.